The van der Waals surface area contributed by atoms with Crippen LogP contribution in [0.3, 0.4) is 0 Å². The van der Waals surface area contributed by atoms with E-state index in [2.05, 4.69) is 16.0 Å². The van der Waals surface area contributed by atoms with Crippen molar-refractivity contribution in [1.82, 2.24) is 15.5 Å². The molecule has 1 aromatic heterocycles. The van der Waals surface area contributed by atoms with Crippen LogP contribution in [0.4, 0.5) is 9.80 Å². The van der Waals surface area contributed by atoms with E-state index < -0.39 is 41.8 Å². The van der Waals surface area contributed by atoms with Gasteiger partial charge in [-0.1, -0.05) is 26.7 Å². The van der Waals surface area contributed by atoms with Crippen LogP contribution in [0.5, 0.6) is 0 Å². The summed E-state index contributed by atoms with van der Waals surface area (Å²) in [6.07, 6.45) is 2.36. The molecule has 11 heteroatoms. The molecule has 1 fully saturated rings. The van der Waals surface area contributed by atoms with Crippen molar-refractivity contribution in [3.05, 3.63) is 16.0 Å². The molecule has 32 heavy (non-hydrogen) atoms. The van der Waals surface area contributed by atoms with Gasteiger partial charge in [-0.3, -0.25) is 19.3 Å². The first-order valence-corrected chi connectivity index (χ1v) is 11.4. The summed E-state index contributed by atoms with van der Waals surface area (Å²) in [6, 6.07) is -0.619. The number of esters is 1. The van der Waals surface area contributed by atoms with Gasteiger partial charge >= 0.3 is 12.0 Å². The molecule has 2 heterocycles. The molecule has 0 unspecified atom stereocenters. The van der Waals surface area contributed by atoms with E-state index in [1.54, 1.807) is 13.8 Å². The van der Waals surface area contributed by atoms with Gasteiger partial charge in [0, 0.05) is 7.05 Å². The van der Waals surface area contributed by atoms with Crippen LogP contribution in [-0.4, -0.2) is 60.4 Å². The third-order valence-corrected chi connectivity index (χ3v) is 6.42. The number of hydrogen-bond acceptors (Lipinski definition) is 7. The molecule has 0 aliphatic carbocycles. The van der Waals surface area contributed by atoms with Gasteiger partial charge in [-0.25, -0.2) is 9.59 Å². The Balaban J connectivity index is 2.27. The zero-order valence-electron chi connectivity index (χ0n) is 19.0. The smallest absolute Gasteiger partial charge is 0.341 e. The van der Waals surface area contributed by atoms with Crippen LogP contribution in [0, 0.1) is 6.92 Å². The van der Waals surface area contributed by atoms with Crippen LogP contribution in [-0.2, 0) is 14.3 Å². The fourth-order valence-electron chi connectivity index (χ4n) is 3.83. The summed E-state index contributed by atoms with van der Waals surface area (Å²) in [5.74, 6) is -2.17. The normalized spacial score (nSPS) is 14.8. The van der Waals surface area contributed by atoms with E-state index in [0.29, 0.717) is 31.2 Å². The van der Waals surface area contributed by atoms with Crippen molar-refractivity contribution in [3.63, 3.8) is 0 Å². The summed E-state index contributed by atoms with van der Waals surface area (Å²) in [4.78, 5) is 64.0. The molecule has 10 nitrogen and oxygen atoms in total. The molecule has 176 valence electrons. The molecule has 0 spiro atoms. The van der Waals surface area contributed by atoms with E-state index in [1.807, 2.05) is 13.8 Å². The summed E-state index contributed by atoms with van der Waals surface area (Å²) < 4.78 is 5.06. The number of urea groups is 1. The Hall–Kier alpha value is -2.95. The first kappa shape index (κ1) is 25.3. The van der Waals surface area contributed by atoms with Gasteiger partial charge in [0.05, 0.1) is 17.0 Å². The second-order valence-corrected chi connectivity index (χ2v) is 8.53. The number of ether oxygens (including phenoxy) is 1. The average molecular weight is 467 g/mol. The van der Waals surface area contributed by atoms with Gasteiger partial charge < -0.3 is 20.7 Å². The molecule has 1 aliphatic heterocycles. The Bertz CT molecular complexity index is 920. The predicted octanol–water partition coefficient (Wildman–Crippen LogP) is 2.42. The Morgan fingerprint density at radius 1 is 1.12 bits per heavy atom. The van der Waals surface area contributed by atoms with Gasteiger partial charge in [-0.15, -0.1) is 11.3 Å². The van der Waals surface area contributed by atoms with E-state index in [0.717, 1.165) is 16.2 Å². The molecule has 1 aromatic rings. The van der Waals surface area contributed by atoms with E-state index in [-0.39, 0.29) is 22.0 Å². The van der Waals surface area contributed by atoms with Gasteiger partial charge in [0.1, 0.15) is 17.1 Å². The van der Waals surface area contributed by atoms with E-state index in [1.165, 1.54) is 7.05 Å². The Morgan fingerprint density at radius 3 is 2.28 bits per heavy atom. The number of imide groups is 1. The molecule has 0 bridgehead atoms. The monoisotopic (exact) mass is 466 g/mol. The Kier molecular flexibility index (Phi) is 8.37. The van der Waals surface area contributed by atoms with Gasteiger partial charge in [-0.05, 0) is 32.3 Å². The van der Waals surface area contributed by atoms with Crippen molar-refractivity contribution < 1.29 is 28.7 Å². The number of carbonyl (C=O) groups excluding carboxylic acids is 5. The van der Waals surface area contributed by atoms with Gasteiger partial charge in [-0.2, -0.15) is 0 Å². The fraction of sp³-hybridized carbons (Fsp3) is 0.571. The number of nitrogens with one attached hydrogen (secondary N) is 3. The molecule has 1 saturated heterocycles. The van der Waals surface area contributed by atoms with Crippen LogP contribution >= 0.6 is 11.3 Å². The number of amides is 5. The molecular weight excluding hydrogens is 436 g/mol. The highest BCUT2D eigenvalue weighted by atomic mass is 32.1. The van der Waals surface area contributed by atoms with Crippen LogP contribution in [0.15, 0.2) is 0 Å². The standard InChI is InChI=1S/C21H30N4O6S/c1-6-9-21(10-7-2)19(29)25(20(30)24-21)11-13(26)23-17-14(18(28)31-8-3)12(4)15(32-17)16(27)22-5/h6-11H2,1-5H3,(H,22,27)(H,23,26)(H,24,30). The lowest BCUT2D eigenvalue weighted by Crippen LogP contribution is -2.47. The minimum Gasteiger partial charge on any atom is -0.462 e. The molecule has 0 saturated carbocycles. The highest BCUT2D eigenvalue weighted by Crippen LogP contribution is 2.34. The SMILES string of the molecule is CCCC1(CCC)NC(=O)N(CC(=O)Nc2sc(C(=O)NC)c(C)c2C(=O)OCC)C1=O. The summed E-state index contributed by atoms with van der Waals surface area (Å²) in [7, 11) is 1.46. The molecule has 5 amide bonds. The quantitative estimate of drug-likeness (QED) is 0.358. The number of anilines is 1. The summed E-state index contributed by atoms with van der Waals surface area (Å²) >= 11 is 0.928. The lowest BCUT2D eigenvalue weighted by Gasteiger charge is -2.25. The topological polar surface area (TPSA) is 134 Å². The van der Waals surface area contributed by atoms with Crippen molar-refractivity contribution in [2.75, 3.05) is 25.5 Å². The first-order chi connectivity index (χ1) is 15.1. The highest BCUT2D eigenvalue weighted by molar-refractivity contribution is 7.18. The Labute approximate surface area is 191 Å². The molecule has 0 atom stereocenters. The highest BCUT2D eigenvalue weighted by Gasteiger charge is 2.50. The van der Waals surface area contributed by atoms with Crippen molar-refractivity contribution >= 4 is 46.1 Å². The summed E-state index contributed by atoms with van der Waals surface area (Å²) in [5, 5.41) is 7.95. The van der Waals surface area contributed by atoms with Crippen molar-refractivity contribution in [3.8, 4) is 0 Å². The van der Waals surface area contributed by atoms with Gasteiger partial charge in [0.2, 0.25) is 5.91 Å². The van der Waals surface area contributed by atoms with Gasteiger partial charge in [0.15, 0.2) is 0 Å². The number of carbonyl (C=O) groups is 5. The minimum atomic E-state index is -0.997. The number of rotatable bonds is 10. The van der Waals surface area contributed by atoms with Crippen LogP contribution in [0.25, 0.3) is 0 Å². The molecule has 2 rings (SSSR count). The molecule has 0 radical (unpaired) electrons. The lowest BCUT2D eigenvalue weighted by molar-refractivity contribution is -0.134. The maximum atomic E-state index is 13.0. The van der Waals surface area contributed by atoms with Crippen LogP contribution < -0.4 is 16.0 Å². The third-order valence-electron chi connectivity index (χ3n) is 5.21. The Morgan fingerprint density at radius 2 is 1.75 bits per heavy atom. The zero-order chi connectivity index (χ0) is 24.1. The second-order valence-electron chi connectivity index (χ2n) is 7.51. The van der Waals surface area contributed by atoms with Crippen molar-refractivity contribution in [1.29, 1.82) is 0 Å². The molecule has 0 aromatic carbocycles. The van der Waals surface area contributed by atoms with E-state index >= 15 is 0 Å². The second kappa shape index (κ2) is 10.6. The van der Waals surface area contributed by atoms with Gasteiger partial charge in [0.25, 0.3) is 11.8 Å². The largest absolute Gasteiger partial charge is 0.462 e. The maximum Gasteiger partial charge on any atom is 0.341 e. The molecule has 3 N–H and O–H groups in total. The van der Waals surface area contributed by atoms with Crippen molar-refractivity contribution in [2.24, 2.45) is 0 Å². The summed E-state index contributed by atoms with van der Waals surface area (Å²) in [5.41, 5.74) is -0.543. The number of thiophene rings is 1. The van der Waals surface area contributed by atoms with Crippen LogP contribution in [0.1, 0.15) is 72.0 Å². The first-order valence-electron chi connectivity index (χ1n) is 10.6. The zero-order valence-corrected chi connectivity index (χ0v) is 19.9. The summed E-state index contributed by atoms with van der Waals surface area (Å²) in [6.45, 7) is 6.70. The van der Waals surface area contributed by atoms with Crippen molar-refractivity contribution in [2.45, 2.75) is 58.9 Å². The van der Waals surface area contributed by atoms with E-state index in [4.69, 9.17) is 4.74 Å². The number of nitrogens with zero attached hydrogens (tertiary/aromatic N) is 1. The maximum absolute atomic E-state index is 13.0. The lowest BCUT2D eigenvalue weighted by atomic mass is 9.88. The minimum absolute atomic E-state index is 0.0762. The predicted molar refractivity (Wildman–Crippen MR) is 120 cm³/mol. The van der Waals surface area contributed by atoms with Crippen LogP contribution in [0.2, 0.25) is 0 Å². The average Bonchev–Trinajstić information content (AvgIpc) is 3.17. The molecular formula is C21H30N4O6S. The third kappa shape index (κ3) is 4.93. The fourth-order valence-corrected chi connectivity index (χ4v) is 4.99. The molecule has 1 aliphatic rings. The number of hydrogen-bond donors (Lipinski definition) is 3. The van der Waals surface area contributed by atoms with E-state index in [9.17, 15) is 24.0 Å².